The van der Waals surface area contributed by atoms with Gasteiger partial charge in [-0.1, -0.05) is 362 Å². The predicted octanol–water partition coefficient (Wildman–Crippen LogP) is 24.3. The Balaban J connectivity index is 3.98. The number of likely N-dealkylation sites (N-methyl/N-ethyl adjacent to an activating group) is 1. The zero-order valence-electron chi connectivity index (χ0n) is 58.3. The van der Waals surface area contributed by atoms with Crippen molar-refractivity contribution in [2.24, 2.45) is 0 Å². The van der Waals surface area contributed by atoms with Crippen LogP contribution < -0.4 is 5.32 Å². The van der Waals surface area contributed by atoms with Crippen LogP contribution in [0.25, 0.3) is 0 Å². The lowest BCUT2D eigenvalue weighted by atomic mass is 10.0. The molecule has 0 aliphatic rings. The van der Waals surface area contributed by atoms with E-state index in [1.54, 1.807) is 0 Å². The highest BCUT2D eigenvalue weighted by atomic mass is 31.2. The standard InChI is InChI=1S/C78H145N2O6P/c1-6-8-10-12-14-16-18-20-22-24-26-28-30-32-34-35-36-37-38-39-40-41-42-43-44-45-46-48-50-52-54-56-58-60-62-64-66-68-70-72-78(82)79-76(75-86-87(83,84)85-74-73-80(3,4)5)77(81)71-69-67-65-63-61-59-57-55-53-51-49-47-33-31-29-27-25-23-21-19-17-15-13-11-9-7-2/h8,10,14,16,20,22,26,28,32,34,36-37,39-40,76-77,81H,6-7,9,11-13,15,17-19,21,23-25,27,29-31,33,35,38,41-75H2,1-5H3,(H-,79,82,83,84)/p+1/b10-8-,16-14-,22-20-,28-26-,34-32-,37-36-,40-39-. The van der Waals surface area contributed by atoms with Crippen LogP contribution in [0.4, 0.5) is 0 Å². The van der Waals surface area contributed by atoms with Gasteiger partial charge in [-0.2, -0.15) is 0 Å². The fourth-order valence-electron chi connectivity index (χ4n) is 11.2. The molecular weight excluding hydrogens is 1090 g/mol. The Morgan fingerprint density at radius 1 is 0.402 bits per heavy atom. The molecule has 0 bridgehead atoms. The predicted molar refractivity (Wildman–Crippen MR) is 383 cm³/mol. The minimum Gasteiger partial charge on any atom is -0.391 e. The average molecular weight is 1240 g/mol. The third-order valence-corrected chi connectivity index (χ3v) is 17.9. The van der Waals surface area contributed by atoms with Crippen LogP contribution in [0.5, 0.6) is 0 Å². The summed E-state index contributed by atoms with van der Waals surface area (Å²) in [5.41, 5.74) is 0. The first-order valence-electron chi connectivity index (χ1n) is 37.5. The maximum atomic E-state index is 13.1. The van der Waals surface area contributed by atoms with Gasteiger partial charge in [0.05, 0.1) is 39.9 Å². The van der Waals surface area contributed by atoms with E-state index in [0.29, 0.717) is 23.9 Å². The molecule has 0 rings (SSSR count). The van der Waals surface area contributed by atoms with E-state index in [4.69, 9.17) is 9.05 Å². The molecule has 3 unspecified atom stereocenters. The van der Waals surface area contributed by atoms with E-state index in [-0.39, 0.29) is 19.1 Å². The highest BCUT2D eigenvalue weighted by Crippen LogP contribution is 2.43. The molecule has 0 saturated carbocycles. The third-order valence-electron chi connectivity index (χ3n) is 16.9. The number of hydrogen-bond donors (Lipinski definition) is 3. The van der Waals surface area contributed by atoms with E-state index in [9.17, 15) is 19.4 Å². The lowest BCUT2D eigenvalue weighted by Crippen LogP contribution is -2.46. The lowest BCUT2D eigenvalue weighted by Gasteiger charge is -2.26. The molecule has 1 amide bonds. The molecule has 9 heteroatoms. The molecule has 0 spiro atoms. The van der Waals surface area contributed by atoms with Crippen molar-refractivity contribution >= 4 is 13.7 Å². The first-order chi connectivity index (χ1) is 42.5. The number of unbranched alkanes of at least 4 members (excludes halogenated alkanes) is 42. The molecule has 0 aromatic heterocycles. The van der Waals surface area contributed by atoms with Gasteiger partial charge in [-0.05, 0) is 70.6 Å². The zero-order valence-corrected chi connectivity index (χ0v) is 59.2. The van der Waals surface area contributed by atoms with Crippen LogP contribution in [0.1, 0.15) is 354 Å². The molecule has 0 aliphatic heterocycles. The first-order valence-corrected chi connectivity index (χ1v) is 38.9. The molecule has 0 radical (unpaired) electrons. The van der Waals surface area contributed by atoms with Crippen LogP contribution in [0.3, 0.4) is 0 Å². The molecule has 8 nitrogen and oxygen atoms in total. The summed E-state index contributed by atoms with van der Waals surface area (Å²) in [6.07, 6.45) is 97.0. The topological polar surface area (TPSA) is 105 Å². The third kappa shape index (κ3) is 71.0. The molecule has 0 aliphatic carbocycles. The number of hydrogen-bond acceptors (Lipinski definition) is 5. The highest BCUT2D eigenvalue weighted by molar-refractivity contribution is 7.47. The second-order valence-corrected chi connectivity index (χ2v) is 28.1. The summed E-state index contributed by atoms with van der Waals surface area (Å²) in [5.74, 6) is -0.140. The summed E-state index contributed by atoms with van der Waals surface area (Å²) in [4.78, 5) is 23.5. The number of carbonyl (C=O) groups excluding carboxylic acids is 1. The fourth-order valence-corrected chi connectivity index (χ4v) is 11.9. The van der Waals surface area contributed by atoms with E-state index in [0.717, 1.165) is 83.5 Å². The summed E-state index contributed by atoms with van der Waals surface area (Å²) in [6, 6.07) is -0.765. The molecule has 508 valence electrons. The van der Waals surface area contributed by atoms with Crippen LogP contribution in [0.2, 0.25) is 0 Å². The van der Waals surface area contributed by atoms with Gasteiger partial charge >= 0.3 is 7.82 Å². The van der Waals surface area contributed by atoms with E-state index >= 15 is 0 Å². The van der Waals surface area contributed by atoms with Gasteiger partial charge in [0.25, 0.3) is 0 Å². The van der Waals surface area contributed by atoms with Crippen molar-refractivity contribution in [3.05, 3.63) is 85.1 Å². The number of carbonyl (C=O) groups is 1. The van der Waals surface area contributed by atoms with Crippen LogP contribution in [0, 0.1) is 0 Å². The molecule has 0 aromatic carbocycles. The fraction of sp³-hybridized carbons (Fsp3) is 0.808. The van der Waals surface area contributed by atoms with Gasteiger partial charge in [-0.3, -0.25) is 13.8 Å². The van der Waals surface area contributed by atoms with Gasteiger partial charge in [0.1, 0.15) is 13.2 Å². The van der Waals surface area contributed by atoms with Gasteiger partial charge in [0.15, 0.2) is 0 Å². The van der Waals surface area contributed by atoms with E-state index < -0.39 is 20.0 Å². The number of amides is 1. The summed E-state index contributed by atoms with van der Waals surface area (Å²) in [5, 5.41) is 14.2. The smallest absolute Gasteiger partial charge is 0.391 e. The molecule has 87 heavy (non-hydrogen) atoms. The average Bonchev–Trinajstić information content (AvgIpc) is 3.69. The summed E-state index contributed by atoms with van der Waals surface area (Å²) < 4.78 is 23.9. The Kier molecular flexibility index (Phi) is 66.2. The molecule has 3 atom stereocenters. The molecule has 0 aromatic rings. The van der Waals surface area contributed by atoms with Gasteiger partial charge in [-0.15, -0.1) is 0 Å². The molecule has 0 heterocycles. The molecule has 3 N–H and O–H groups in total. The minimum absolute atomic E-state index is 0.0742. The van der Waals surface area contributed by atoms with Crippen LogP contribution in [-0.4, -0.2) is 73.4 Å². The normalized spacial score (nSPS) is 14.1. The second-order valence-electron chi connectivity index (χ2n) is 26.7. The van der Waals surface area contributed by atoms with E-state index in [1.807, 2.05) is 21.1 Å². The maximum Gasteiger partial charge on any atom is 0.472 e. The Bertz CT molecular complexity index is 1700. The summed E-state index contributed by atoms with van der Waals surface area (Å²) >= 11 is 0. The van der Waals surface area contributed by atoms with Crippen molar-refractivity contribution in [3.8, 4) is 0 Å². The molecule has 0 fully saturated rings. The number of aliphatic hydroxyl groups is 1. The van der Waals surface area contributed by atoms with Crippen molar-refractivity contribution in [3.63, 3.8) is 0 Å². The second kappa shape index (κ2) is 68.1. The summed E-state index contributed by atoms with van der Waals surface area (Å²) in [7, 11) is 1.63. The minimum atomic E-state index is -4.33. The Hall–Kier alpha value is -2.32. The number of rotatable bonds is 69. The largest absolute Gasteiger partial charge is 0.472 e. The Labute approximate surface area is 541 Å². The van der Waals surface area contributed by atoms with Crippen LogP contribution >= 0.6 is 7.82 Å². The Morgan fingerprint density at radius 3 is 1.01 bits per heavy atom. The number of quaternary nitrogens is 1. The molecule has 0 saturated heterocycles. The number of phosphoric ester groups is 1. The summed E-state index contributed by atoms with van der Waals surface area (Å²) in [6.45, 7) is 4.82. The monoisotopic (exact) mass is 1240 g/mol. The first kappa shape index (κ1) is 84.7. The van der Waals surface area contributed by atoms with Crippen molar-refractivity contribution in [1.29, 1.82) is 0 Å². The lowest BCUT2D eigenvalue weighted by molar-refractivity contribution is -0.870. The Morgan fingerprint density at radius 2 is 0.690 bits per heavy atom. The van der Waals surface area contributed by atoms with Crippen molar-refractivity contribution in [1.82, 2.24) is 5.32 Å². The van der Waals surface area contributed by atoms with Gasteiger partial charge in [0.2, 0.25) is 5.91 Å². The van der Waals surface area contributed by atoms with Crippen molar-refractivity contribution in [2.45, 2.75) is 366 Å². The van der Waals surface area contributed by atoms with Crippen LogP contribution in [0.15, 0.2) is 85.1 Å². The SMILES string of the molecule is CC/C=C\C/C=C\C/C=C\C/C=C\C/C=C\C/C=C\C/C=C\CCCCCCCCCCCCCCCCCCCC(=O)NC(COP(=O)(O)OCC[N+](C)(C)C)C(O)CCCCCCCCCCCCCCCCCCCCCCCCCCCC. The zero-order chi connectivity index (χ0) is 63.4. The maximum absolute atomic E-state index is 13.1. The van der Waals surface area contributed by atoms with E-state index in [1.165, 1.54) is 244 Å². The van der Waals surface area contributed by atoms with Crippen molar-refractivity contribution in [2.75, 3.05) is 40.9 Å². The van der Waals surface area contributed by atoms with Gasteiger partial charge in [0, 0.05) is 6.42 Å². The van der Waals surface area contributed by atoms with Crippen molar-refractivity contribution < 1.29 is 32.9 Å². The number of aliphatic hydroxyl groups excluding tert-OH is 1. The van der Waals surface area contributed by atoms with Gasteiger partial charge < -0.3 is 19.8 Å². The number of allylic oxidation sites excluding steroid dienone is 14. The number of nitrogens with zero attached hydrogens (tertiary/aromatic N) is 1. The van der Waals surface area contributed by atoms with E-state index in [2.05, 4.69) is 104 Å². The highest BCUT2D eigenvalue weighted by Gasteiger charge is 2.28. The quantitative estimate of drug-likeness (QED) is 0.0243. The molecular formula is C78H146N2O6P+. The van der Waals surface area contributed by atoms with Crippen LogP contribution in [-0.2, 0) is 18.4 Å². The number of nitrogens with one attached hydrogen (secondary N) is 1. The van der Waals surface area contributed by atoms with Gasteiger partial charge in [-0.25, -0.2) is 4.57 Å². The number of phosphoric acid groups is 1.